The molecule has 1 aromatic heterocycles. The van der Waals surface area contributed by atoms with Gasteiger partial charge in [0.05, 0.1) is 20.3 Å². The fourth-order valence-electron chi connectivity index (χ4n) is 1.88. The van der Waals surface area contributed by atoms with E-state index >= 15 is 0 Å². The molecule has 0 radical (unpaired) electrons. The third-order valence-electron chi connectivity index (χ3n) is 3.11. The van der Waals surface area contributed by atoms with Gasteiger partial charge in [-0.3, -0.25) is 0 Å². The van der Waals surface area contributed by atoms with Crippen molar-refractivity contribution in [2.75, 3.05) is 26.6 Å². The monoisotopic (exact) mass is 302 g/mol. The van der Waals surface area contributed by atoms with E-state index in [1.165, 1.54) is 4.68 Å². The number of nitrogens with two attached hydrogens (primary N) is 1. The van der Waals surface area contributed by atoms with Gasteiger partial charge in [-0.15, -0.1) is 5.10 Å². The van der Waals surface area contributed by atoms with Crippen molar-refractivity contribution in [2.24, 2.45) is 0 Å². The van der Waals surface area contributed by atoms with Gasteiger partial charge in [0.25, 0.3) is 5.88 Å². The lowest BCUT2D eigenvalue weighted by atomic mass is 10.2. The summed E-state index contributed by atoms with van der Waals surface area (Å²) in [6.07, 6.45) is 0. The Labute approximate surface area is 128 Å². The molecule has 0 saturated heterocycles. The molecule has 7 nitrogen and oxygen atoms in total. The quantitative estimate of drug-likeness (QED) is 0.834. The summed E-state index contributed by atoms with van der Waals surface area (Å²) in [5.74, 6) is 1.28. The average Bonchev–Trinajstić information content (AvgIpc) is 2.86. The minimum Gasteiger partial charge on any atom is -0.497 e. The van der Waals surface area contributed by atoms with Crippen LogP contribution in [0.2, 0.25) is 0 Å². The first-order valence-corrected chi connectivity index (χ1v) is 6.70. The van der Waals surface area contributed by atoms with Crippen molar-refractivity contribution in [3.8, 4) is 17.7 Å². The second kappa shape index (κ2) is 7.33. The molecule has 0 aliphatic rings. The summed E-state index contributed by atoms with van der Waals surface area (Å²) in [5, 5.41) is 13.4. The van der Waals surface area contributed by atoms with Crippen LogP contribution in [-0.4, -0.2) is 30.6 Å². The molecule has 0 bridgehead atoms. The zero-order chi connectivity index (χ0) is 15.9. The standard InChI is InChI=1S/C15H18N4O3/c1-20-8-7-19-14(17)13(9-16)15(18-19)22-10-11-3-5-12(21-2)6-4-11/h3-6H,7-8,10,17H2,1-2H3. The zero-order valence-corrected chi connectivity index (χ0v) is 12.6. The Morgan fingerprint density at radius 1 is 1.27 bits per heavy atom. The molecule has 0 fully saturated rings. The van der Waals surface area contributed by atoms with Crippen molar-refractivity contribution in [1.82, 2.24) is 9.78 Å². The maximum Gasteiger partial charge on any atom is 0.253 e. The predicted molar refractivity (Wildman–Crippen MR) is 80.6 cm³/mol. The molecule has 1 heterocycles. The molecule has 0 aliphatic carbocycles. The van der Waals surface area contributed by atoms with Gasteiger partial charge in [0.1, 0.15) is 24.2 Å². The van der Waals surface area contributed by atoms with Gasteiger partial charge in [-0.25, -0.2) is 4.68 Å². The van der Waals surface area contributed by atoms with Gasteiger partial charge < -0.3 is 19.9 Å². The van der Waals surface area contributed by atoms with Gasteiger partial charge in [-0.1, -0.05) is 12.1 Å². The molecule has 0 unspecified atom stereocenters. The number of nitriles is 1. The van der Waals surface area contributed by atoms with Crippen molar-refractivity contribution in [2.45, 2.75) is 13.2 Å². The van der Waals surface area contributed by atoms with Crippen molar-refractivity contribution >= 4 is 5.82 Å². The Morgan fingerprint density at radius 3 is 2.59 bits per heavy atom. The van der Waals surface area contributed by atoms with Crippen LogP contribution in [0.15, 0.2) is 24.3 Å². The summed E-state index contributed by atoms with van der Waals surface area (Å²) in [6, 6.07) is 9.48. The first-order chi connectivity index (χ1) is 10.7. The van der Waals surface area contributed by atoms with E-state index in [1.807, 2.05) is 30.3 Å². The van der Waals surface area contributed by atoms with Gasteiger partial charge in [0.15, 0.2) is 5.56 Å². The number of rotatable bonds is 7. The van der Waals surface area contributed by atoms with Crippen LogP contribution in [0.25, 0.3) is 0 Å². The number of hydrogen-bond acceptors (Lipinski definition) is 6. The van der Waals surface area contributed by atoms with Gasteiger partial charge in [0.2, 0.25) is 0 Å². The lowest BCUT2D eigenvalue weighted by Gasteiger charge is -2.05. The number of anilines is 1. The minimum atomic E-state index is 0.229. The van der Waals surface area contributed by atoms with E-state index in [0.29, 0.717) is 19.8 Å². The molecule has 1 aromatic carbocycles. The fourth-order valence-corrected chi connectivity index (χ4v) is 1.88. The van der Waals surface area contributed by atoms with E-state index in [9.17, 15) is 5.26 Å². The van der Waals surface area contributed by atoms with Gasteiger partial charge in [-0.05, 0) is 17.7 Å². The van der Waals surface area contributed by atoms with E-state index in [1.54, 1.807) is 14.2 Å². The normalized spacial score (nSPS) is 10.2. The van der Waals surface area contributed by atoms with Crippen LogP contribution in [0.3, 0.4) is 0 Å². The number of benzene rings is 1. The molecule has 0 amide bonds. The highest BCUT2D eigenvalue weighted by Crippen LogP contribution is 2.24. The summed E-state index contributed by atoms with van der Waals surface area (Å²) in [4.78, 5) is 0. The number of nitrogen functional groups attached to an aromatic ring is 1. The van der Waals surface area contributed by atoms with Crippen molar-refractivity contribution in [1.29, 1.82) is 5.26 Å². The predicted octanol–water partition coefficient (Wildman–Crippen LogP) is 1.57. The lowest BCUT2D eigenvalue weighted by Crippen LogP contribution is -2.09. The molecule has 116 valence electrons. The Bertz CT molecular complexity index is 659. The minimum absolute atomic E-state index is 0.229. The Balaban J connectivity index is 2.09. The molecule has 0 atom stereocenters. The van der Waals surface area contributed by atoms with Gasteiger partial charge in [-0.2, -0.15) is 5.26 Å². The van der Waals surface area contributed by atoms with E-state index < -0.39 is 0 Å². The van der Waals surface area contributed by atoms with Crippen molar-refractivity contribution < 1.29 is 14.2 Å². The van der Waals surface area contributed by atoms with E-state index in [4.69, 9.17) is 19.9 Å². The summed E-state index contributed by atoms with van der Waals surface area (Å²) in [7, 11) is 3.20. The van der Waals surface area contributed by atoms with Gasteiger partial charge >= 0.3 is 0 Å². The number of aromatic nitrogens is 2. The molecule has 0 saturated carbocycles. The maximum absolute atomic E-state index is 9.19. The van der Waals surface area contributed by atoms with E-state index in [2.05, 4.69) is 5.10 Å². The number of hydrogen-bond donors (Lipinski definition) is 1. The highest BCUT2D eigenvalue weighted by molar-refractivity contribution is 5.55. The van der Waals surface area contributed by atoms with Crippen molar-refractivity contribution in [3.05, 3.63) is 35.4 Å². The SMILES string of the molecule is COCCn1nc(OCc2ccc(OC)cc2)c(C#N)c1N. The van der Waals surface area contributed by atoms with Crippen LogP contribution < -0.4 is 15.2 Å². The smallest absolute Gasteiger partial charge is 0.253 e. The molecule has 0 aliphatic heterocycles. The summed E-state index contributed by atoms with van der Waals surface area (Å²) in [6.45, 7) is 1.21. The molecule has 2 N–H and O–H groups in total. The highest BCUT2D eigenvalue weighted by atomic mass is 16.5. The van der Waals surface area contributed by atoms with Gasteiger partial charge in [0, 0.05) is 7.11 Å². The highest BCUT2D eigenvalue weighted by Gasteiger charge is 2.16. The third-order valence-corrected chi connectivity index (χ3v) is 3.11. The molecule has 0 spiro atoms. The molecular formula is C15H18N4O3. The molecule has 22 heavy (non-hydrogen) atoms. The van der Waals surface area contributed by atoms with Crippen LogP contribution >= 0.6 is 0 Å². The lowest BCUT2D eigenvalue weighted by molar-refractivity contribution is 0.183. The van der Waals surface area contributed by atoms with Crippen LogP contribution in [0, 0.1) is 11.3 Å². The maximum atomic E-state index is 9.19. The number of methoxy groups -OCH3 is 2. The van der Waals surface area contributed by atoms with E-state index in [0.717, 1.165) is 11.3 Å². The number of ether oxygens (including phenoxy) is 3. The Hall–Kier alpha value is -2.72. The molecule has 2 rings (SSSR count). The Morgan fingerprint density at radius 2 is 2.00 bits per heavy atom. The number of nitrogens with zero attached hydrogens (tertiary/aromatic N) is 3. The fraction of sp³-hybridized carbons (Fsp3) is 0.333. The van der Waals surface area contributed by atoms with Crippen LogP contribution in [0.1, 0.15) is 11.1 Å². The Kier molecular flexibility index (Phi) is 5.22. The second-order valence-corrected chi connectivity index (χ2v) is 4.53. The summed E-state index contributed by atoms with van der Waals surface area (Å²) in [5.41, 5.74) is 7.07. The second-order valence-electron chi connectivity index (χ2n) is 4.53. The van der Waals surface area contributed by atoms with Crippen LogP contribution in [0.4, 0.5) is 5.82 Å². The molecule has 2 aromatic rings. The third kappa shape index (κ3) is 3.48. The molecular weight excluding hydrogens is 284 g/mol. The average molecular weight is 302 g/mol. The van der Waals surface area contributed by atoms with E-state index in [-0.39, 0.29) is 17.3 Å². The topological polar surface area (TPSA) is 95.3 Å². The molecule has 7 heteroatoms. The van der Waals surface area contributed by atoms with Crippen LogP contribution in [0.5, 0.6) is 11.6 Å². The summed E-state index contributed by atoms with van der Waals surface area (Å²) >= 11 is 0. The zero-order valence-electron chi connectivity index (χ0n) is 12.6. The van der Waals surface area contributed by atoms with Crippen LogP contribution in [-0.2, 0) is 17.9 Å². The van der Waals surface area contributed by atoms with Crippen molar-refractivity contribution in [3.63, 3.8) is 0 Å². The largest absolute Gasteiger partial charge is 0.497 e. The first-order valence-electron chi connectivity index (χ1n) is 6.70. The summed E-state index contributed by atoms with van der Waals surface area (Å²) < 4.78 is 17.2. The first kappa shape index (κ1) is 15.7.